The molecule has 0 saturated carbocycles. The predicted octanol–water partition coefficient (Wildman–Crippen LogP) is 3.45. The number of hydrogen-bond donors (Lipinski definition) is 1. The van der Waals surface area contributed by atoms with Gasteiger partial charge in [0.1, 0.15) is 5.75 Å². The van der Waals surface area contributed by atoms with Crippen molar-refractivity contribution in [3.05, 3.63) is 52.7 Å². The smallest absolute Gasteiger partial charge is 0.118 e. The van der Waals surface area contributed by atoms with Gasteiger partial charge < -0.3 is 5.11 Å². The van der Waals surface area contributed by atoms with E-state index in [2.05, 4.69) is 0 Å². The Balaban J connectivity index is 0.000000145. The van der Waals surface area contributed by atoms with Crippen molar-refractivity contribution in [3.8, 4) is 5.75 Å². The van der Waals surface area contributed by atoms with Gasteiger partial charge in [-0.3, -0.25) is 0 Å². The van der Waals surface area contributed by atoms with Crippen LogP contribution in [0.2, 0.25) is 0 Å². The summed E-state index contributed by atoms with van der Waals surface area (Å²) >= 11 is 1.71. The third kappa shape index (κ3) is 3.76. The predicted molar refractivity (Wildman–Crippen MR) is 57.2 cm³/mol. The molecule has 2 rings (SSSR count). The zero-order valence-corrected chi connectivity index (χ0v) is 8.29. The lowest BCUT2D eigenvalue weighted by atomic mass is 10.2. The Morgan fingerprint density at radius 3 is 1.92 bits per heavy atom. The van der Waals surface area contributed by atoms with Crippen LogP contribution in [-0.2, 0) is 0 Å². The minimum absolute atomic E-state index is 0.368. The van der Waals surface area contributed by atoms with Gasteiger partial charge in [0.15, 0.2) is 0 Å². The molecule has 0 spiro atoms. The molecule has 13 heavy (non-hydrogen) atoms. The van der Waals surface area contributed by atoms with Crippen LogP contribution in [0, 0.1) is 6.92 Å². The fourth-order valence-corrected chi connectivity index (χ4v) is 1.24. The fourth-order valence-electron chi connectivity index (χ4n) is 0.790. The lowest BCUT2D eigenvalue weighted by Crippen LogP contribution is -1.68. The molecule has 1 aromatic heterocycles. The number of aromatic hydroxyl groups is 1. The van der Waals surface area contributed by atoms with Crippen molar-refractivity contribution in [2.75, 3.05) is 0 Å². The number of thiophene rings is 1. The first kappa shape index (κ1) is 9.81. The second-order valence-corrected chi connectivity index (χ2v) is 3.40. The van der Waals surface area contributed by atoms with Crippen LogP contribution in [0.4, 0.5) is 0 Å². The SMILES string of the molecule is Cc1ccccc1O.c1ccsc1. The molecule has 68 valence electrons. The van der Waals surface area contributed by atoms with Crippen molar-refractivity contribution in [2.24, 2.45) is 0 Å². The van der Waals surface area contributed by atoms with Gasteiger partial charge in [0.05, 0.1) is 0 Å². The first-order valence-corrected chi connectivity index (χ1v) is 4.97. The third-order valence-electron chi connectivity index (χ3n) is 1.54. The average molecular weight is 192 g/mol. The molecule has 0 amide bonds. The quantitative estimate of drug-likeness (QED) is 0.677. The minimum Gasteiger partial charge on any atom is -0.508 e. The summed E-state index contributed by atoms with van der Waals surface area (Å²) in [5.74, 6) is 0.368. The molecule has 1 N–H and O–H groups in total. The number of hydrogen-bond acceptors (Lipinski definition) is 2. The molecule has 0 fully saturated rings. The van der Waals surface area contributed by atoms with E-state index >= 15 is 0 Å². The number of para-hydroxylation sites is 1. The molecule has 0 atom stereocenters. The number of phenols is 1. The molecule has 0 aliphatic rings. The van der Waals surface area contributed by atoms with Crippen LogP contribution in [0.5, 0.6) is 5.75 Å². The molecule has 0 saturated heterocycles. The Kier molecular flexibility index (Phi) is 4.06. The molecule has 1 heterocycles. The summed E-state index contributed by atoms with van der Waals surface area (Å²) < 4.78 is 0. The summed E-state index contributed by atoms with van der Waals surface area (Å²) in [6.07, 6.45) is 0. The van der Waals surface area contributed by atoms with Crippen LogP contribution in [0.25, 0.3) is 0 Å². The highest BCUT2D eigenvalue weighted by atomic mass is 32.1. The lowest BCUT2D eigenvalue weighted by Gasteiger charge is -1.92. The summed E-state index contributed by atoms with van der Waals surface area (Å²) in [7, 11) is 0. The van der Waals surface area contributed by atoms with E-state index in [-0.39, 0.29) is 0 Å². The number of phenolic OH excluding ortho intramolecular Hbond substituents is 1. The van der Waals surface area contributed by atoms with Crippen molar-refractivity contribution in [1.29, 1.82) is 0 Å². The van der Waals surface area contributed by atoms with Crippen LogP contribution >= 0.6 is 11.3 Å². The van der Waals surface area contributed by atoms with Crippen LogP contribution in [-0.4, -0.2) is 5.11 Å². The van der Waals surface area contributed by atoms with E-state index in [9.17, 15) is 0 Å². The normalized spacial score (nSPS) is 8.69. The lowest BCUT2D eigenvalue weighted by molar-refractivity contribution is 0.471. The summed E-state index contributed by atoms with van der Waals surface area (Å²) in [6.45, 7) is 1.87. The Labute approximate surface area is 82.3 Å². The topological polar surface area (TPSA) is 20.2 Å². The maximum absolute atomic E-state index is 8.92. The number of benzene rings is 1. The van der Waals surface area contributed by atoms with E-state index in [4.69, 9.17) is 5.11 Å². The Hall–Kier alpha value is -1.28. The molecule has 2 aromatic rings. The standard InChI is InChI=1S/C7H8O.C4H4S/c1-6-4-2-3-5-7(6)8;1-2-4-5-3-1/h2-5,8H,1H3;1-4H. The van der Waals surface area contributed by atoms with Gasteiger partial charge in [-0.05, 0) is 29.3 Å². The van der Waals surface area contributed by atoms with Crippen LogP contribution in [0.1, 0.15) is 5.56 Å². The third-order valence-corrected chi connectivity index (χ3v) is 2.17. The van der Waals surface area contributed by atoms with E-state index in [0.717, 1.165) is 5.56 Å². The van der Waals surface area contributed by atoms with Gasteiger partial charge in [-0.1, -0.05) is 30.3 Å². The summed E-state index contributed by atoms with van der Waals surface area (Å²) in [4.78, 5) is 0. The highest BCUT2D eigenvalue weighted by Crippen LogP contribution is 2.12. The van der Waals surface area contributed by atoms with Crippen molar-refractivity contribution >= 4 is 11.3 Å². The summed E-state index contributed by atoms with van der Waals surface area (Å²) in [5, 5.41) is 13.0. The highest BCUT2D eigenvalue weighted by molar-refractivity contribution is 7.07. The molecular formula is C11H12OS. The molecular weight excluding hydrogens is 180 g/mol. The maximum atomic E-state index is 8.92. The van der Waals surface area contributed by atoms with Gasteiger partial charge in [0, 0.05) is 0 Å². The second-order valence-electron chi connectivity index (χ2n) is 2.58. The zero-order chi connectivity index (χ0) is 9.52. The van der Waals surface area contributed by atoms with E-state index in [0.29, 0.717) is 5.75 Å². The first-order valence-electron chi connectivity index (χ1n) is 4.02. The fraction of sp³-hybridized carbons (Fsp3) is 0.0909. The van der Waals surface area contributed by atoms with Gasteiger partial charge in [-0.15, -0.1) is 0 Å². The van der Waals surface area contributed by atoms with Crippen molar-refractivity contribution in [2.45, 2.75) is 6.92 Å². The number of rotatable bonds is 0. The van der Waals surface area contributed by atoms with E-state index < -0.39 is 0 Å². The van der Waals surface area contributed by atoms with Crippen LogP contribution < -0.4 is 0 Å². The second kappa shape index (κ2) is 5.38. The molecule has 0 aliphatic carbocycles. The molecule has 0 unspecified atom stereocenters. The van der Waals surface area contributed by atoms with Crippen LogP contribution in [0.3, 0.4) is 0 Å². The van der Waals surface area contributed by atoms with Crippen molar-refractivity contribution < 1.29 is 5.11 Å². The Morgan fingerprint density at radius 2 is 1.62 bits per heavy atom. The Morgan fingerprint density at radius 1 is 1.00 bits per heavy atom. The van der Waals surface area contributed by atoms with Crippen LogP contribution in [0.15, 0.2) is 47.2 Å². The van der Waals surface area contributed by atoms with E-state index in [1.54, 1.807) is 17.4 Å². The van der Waals surface area contributed by atoms with Gasteiger partial charge in [0.2, 0.25) is 0 Å². The molecule has 2 heteroatoms. The zero-order valence-electron chi connectivity index (χ0n) is 7.47. The Bertz CT molecular complexity index is 289. The summed E-state index contributed by atoms with van der Waals surface area (Å²) in [5.41, 5.74) is 0.924. The molecule has 1 nitrogen and oxygen atoms in total. The molecule has 0 radical (unpaired) electrons. The first-order chi connectivity index (χ1) is 6.30. The van der Waals surface area contributed by atoms with Crippen molar-refractivity contribution in [1.82, 2.24) is 0 Å². The summed E-state index contributed by atoms with van der Waals surface area (Å²) in [6, 6.07) is 11.3. The van der Waals surface area contributed by atoms with Crippen molar-refractivity contribution in [3.63, 3.8) is 0 Å². The van der Waals surface area contributed by atoms with Gasteiger partial charge >= 0.3 is 0 Å². The van der Waals surface area contributed by atoms with Gasteiger partial charge in [0.25, 0.3) is 0 Å². The monoisotopic (exact) mass is 192 g/mol. The van der Waals surface area contributed by atoms with E-state index in [1.807, 2.05) is 48.0 Å². The highest BCUT2D eigenvalue weighted by Gasteiger charge is 1.86. The number of aryl methyl sites for hydroxylation is 1. The molecule has 1 aromatic carbocycles. The van der Waals surface area contributed by atoms with Gasteiger partial charge in [-0.25, -0.2) is 0 Å². The van der Waals surface area contributed by atoms with E-state index in [1.165, 1.54) is 0 Å². The molecule has 0 aliphatic heterocycles. The maximum Gasteiger partial charge on any atom is 0.118 e. The van der Waals surface area contributed by atoms with Gasteiger partial charge in [-0.2, -0.15) is 11.3 Å². The average Bonchev–Trinajstić information content (AvgIpc) is 2.68. The minimum atomic E-state index is 0.368. The largest absolute Gasteiger partial charge is 0.508 e. The molecule has 0 bridgehead atoms.